The second-order valence-corrected chi connectivity index (χ2v) is 13.5. The van der Waals surface area contributed by atoms with Gasteiger partial charge in [0.05, 0.1) is 11.9 Å². The second kappa shape index (κ2) is 11.7. The molecule has 1 aliphatic rings. The van der Waals surface area contributed by atoms with Crippen LogP contribution in [0.15, 0.2) is 77.4 Å². The largest absolute Gasteiger partial charge is 0.512 e. The van der Waals surface area contributed by atoms with Gasteiger partial charge < -0.3 is 14.4 Å². The normalized spacial score (nSPS) is 18.7. The van der Waals surface area contributed by atoms with Gasteiger partial charge in [-0.1, -0.05) is 58.4 Å². The summed E-state index contributed by atoms with van der Waals surface area (Å²) in [4.78, 5) is 17.6. The van der Waals surface area contributed by atoms with E-state index in [9.17, 15) is 22.7 Å². The Balaban J connectivity index is 1.65. The maximum absolute atomic E-state index is 13.7. The smallest absolute Gasteiger partial charge is 0.338 e. The van der Waals surface area contributed by atoms with Crippen LogP contribution in [0.2, 0.25) is 0 Å². The van der Waals surface area contributed by atoms with E-state index in [1.165, 1.54) is 24.7 Å². The van der Waals surface area contributed by atoms with E-state index in [0.717, 1.165) is 12.0 Å². The number of aryl methyl sites for hydroxylation is 2. The van der Waals surface area contributed by atoms with Gasteiger partial charge in [-0.2, -0.15) is 8.42 Å². The van der Waals surface area contributed by atoms with Gasteiger partial charge in [0, 0.05) is 31.3 Å². The molecule has 10 heteroatoms. The van der Waals surface area contributed by atoms with Gasteiger partial charge in [-0.3, -0.25) is 4.72 Å². The standard InChI is InChI=1S/C31H38FN3O5S/c1-6-15-31(16-14-21-10-12-23(32)13-11-21)18-25(36)27(29(37)40-31)28(30(2,3)4)22-8-7-9-24(17-22)34-41(38,39)26-19-35(5)20-33-26/h7-13,17,19-20,28,34,36H,6,14-16,18H2,1-5H3/t28?,31-/m0/s1. The minimum atomic E-state index is -3.93. The lowest BCUT2D eigenvalue weighted by Crippen LogP contribution is -2.43. The molecule has 0 saturated carbocycles. The molecule has 1 unspecified atom stereocenters. The molecule has 220 valence electrons. The summed E-state index contributed by atoms with van der Waals surface area (Å²) in [5.74, 6) is -1.49. The fraction of sp³-hybridized carbons (Fsp3) is 0.419. The highest BCUT2D eigenvalue weighted by Crippen LogP contribution is 2.47. The van der Waals surface area contributed by atoms with Crippen molar-refractivity contribution in [3.05, 3.63) is 89.3 Å². The quantitative estimate of drug-likeness (QED) is 0.267. The highest BCUT2D eigenvalue weighted by atomic mass is 32.2. The predicted molar refractivity (Wildman–Crippen MR) is 155 cm³/mol. The zero-order valence-electron chi connectivity index (χ0n) is 24.1. The highest BCUT2D eigenvalue weighted by molar-refractivity contribution is 7.92. The Hall–Kier alpha value is -3.66. The summed E-state index contributed by atoms with van der Waals surface area (Å²) in [5.41, 5.74) is 0.661. The van der Waals surface area contributed by atoms with Crippen molar-refractivity contribution >= 4 is 21.7 Å². The Morgan fingerprint density at radius 2 is 1.88 bits per heavy atom. The Morgan fingerprint density at radius 3 is 2.46 bits per heavy atom. The molecule has 0 saturated heterocycles. The number of anilines is 1. The monoisotopic (exact) mass is 583 g/mol. The van der Waals surface area contributed by atoms with Crippen molar-refractivity contribution in [2.45, 2.75) is 76.3 Å². The van der Waals surface area contributed by atoms with E-state index in [0.29, 0.717) is 30.5 Å². The number of imidazole rings is 1. The third kappa shape index (κ3) is 6.98. The molecule has 1 aromatic heterocycles. The molecule has 8 nitrogen and oxygen atoms in total. The molecule has 0 spiro atoms. The number of benzene rings is 2. The Labute approximate surface area is 241 Å². The van der Waals surface area contributed by atoms with Crippen LogP contribution in [-0.2, 0) is 33.0 Å². The van der Waals surface area contributed by atoms with Gasteiger partial charge in [0.2, 0.25) is 0 Å². The third-order valence-corrected chi connectivity index (χ3v) is 8.67. The number of esters is 1. The van der Waals surface area contributed by atoms with Crippen molar-refractivity contribution in [3.8, 4) is 0 Å². The maximum atomic E-state index is 13.7. The Kier molecular flexibility index (Phi) is 8.63. The summed E-state index contributed by atoms with van der Waals surface area (Å²) in [6.07, 6.45) is 5.36. The number of nitrogens with one attached hydrogen (secondary N) is 1. The number of sulfonamides is 1. The van der Waals surface area contributed by atoms with E-state index in [1.54, 1.807) is 41.9 Å². The molecule has 2 atom stereocenters. The fourth-order valence-electron chi connectivity index (χ4n) is 5.59. The van der Waals surface area contributed by atoms with Crippen molar-refractivity contribution in [2.75, 3.05) is 4.72 Å². The van der Waals surface area contributed by atoms with Crippen LogP contribution in [0.1, 0.15) is 70.4 Å². The van der Waals surface area contributed by atoms with E-state index in [2.05, 4.69) is 9.71 Å². The molecule has 0 aliphatic carbocycles. The van der Waals surface area contributed by atoms with E-state index in [-0.39, 0.29) is 28.6 Å². The number of nitrogens with zero attached hydrogens (tertiary/aromatic N) is 2. The number of aliphatic hydroxyl groups excluding tert-OH is 1. The molecule has 2 heterocycles. The molecule has 0 amide bonds. The molecular formula is C31H38FN3O5S. The summed E-state index contributed by atoms with van der Waals surface area (Å²) in [5, 5.41) is 11.3. The molecular weight excluding hydrogens is 545 g/mol. The van der Waals surface area contributed by atoms with E-state index < -0.39 is 32.9 Å². The van der Waals surface area contributed by atoms with E-state index >= 15 is 0 Å². The lowest BCUT2D eigenvalue weighted by Gasteiger charge is -2.41. The van der Waals surface area contributed by atoms with Crippen molar-refractivity contribution in [2.24, 2.45) is 12.5 Å². The van der Waals surface area contributed by atoms with Gasteiger partial charge in [-0.25, -0.2) is 14.2 Å². The Morgan fingerprint density at radius 1 is 1.17 bits per heavy atom. The number of hydrogen-bond donors (Lipinski definition) is 2. The molecule has 41 heavy (non-hydrogen) atoms. The molecule has 4 rings (SSSR count). The number of rotatable bonds is 10. The molecule has 0 fully saturated rings. The molecule has 1 aliphatic heterocycles. The van der Waals surface area contributed by atoms with Gasteiger partial charge in [-0.05, 0) is 60.1 Å². The van der Waals surface area contributed by atoms with Crippen LogP contribution < -0.4 is 4.72 Å². The number of hydrogen-bond acceptors (Lipinski definition) is 6. The topological polar surface area (TPSA) is 111 Å². The van der Waals surface area contributed by atoms with Gasteiger partial charge in [-0.15, -0.1) is 0 Å². The van der Waals surface area contributed by atoms with Crippen LogP contribution in [0, 0.1) is 11.2 Å². The van der Waals surface area contributed by atoms with E-state index in [1.807, 2.05) is 33.8 Å². The van der Waals surface area contributed by atoms with Crippen LogP contribution in [0.3, 0.4) is 0 Å². The molecule has 3 aromatic rings. The van der Waals surface area contributed by atoms with Gasteiger partial charge in [0.1, 0.15) is 17.2 Å². The average Bonchev–Trinajstić information content (AvgIpc) is 3.33. The first-order valence-electron chi connectivity index (χ1n) is 13.7. The number of aromatic nitrogens is 2. The summed E-state index contributed by atoms with van der Waals surface area (Å²) in [7, 11) is -2.24. The fourth-order valence-corrected chi connectivity index (χ4v) is 6.62. The average molecular weight is 584 g/mol. The van der Waals surface area contributed by atoms with Gasteiger partial charge in [0.25, 0.3) is 10.0 Å². The number of carbonyl (C=O) groups is 1. The maximum Gasteiger partial charge on any atom is 0.338 e. The predicted octanol–water partition coefficient (Wildman–Crippen LogP) is 6.42. The van der Waals surface area contributed by atoms with Gasteiger partial charge >= 0.3 is 5.97 Å². The van der Waals surface area contributed by atoms with Crippen molar-refractivity contribution in [1.29, 1.82) is 0 Å². The summed E-state index contributed by atoms with van der Waals surface area (Å²) >= 11 is 0. The summed E-state index contributed by atoms with van der Waals surface area (Å²) < 4.78 is 49.4. The molecule has 0 bridgehead atoms. The van der Waals surface area contributed by atoms with Crippen LogP contribution >= 0.6 is 0 Å². The second-order valence-electron chi connectivity index (χ2n) is 11.9. The minimum absolute atomic E-state index is 0.0202. The zero-order valence-corrected chi connectivity index (χ0v) is 25.0. The van der Waals surface area contributed by atoms with Crippen molar-refractivity contribution in [1.82, 2.24) is 9.55 Å². The first-order chi connectivity index (χ1) is 19.2. The first kappa shape index (κ1) is 30.3. The SMILES string of the molecule is CCC[C@]1(CCc2ccc(F)cc2)CC(O)=C(C(c2cccc(NS(=O)(=O)c3cn(C)cn3)c2)C(C)(C)C)C(=O)O1. The Bertz CT molecular complexity index is 1540. The van der Waals surface area contributed by atoms with E-state index in [4.69, 9.17) is 4.74 Å². The number of cyclic esters (lactones) is 1. The van der Waals surface area contributed by atoms with Crippen LogP contribution in [0.5, 0.6) is 0 Å². The van der Waals surface area contributed by atoms with Crippen molar-refractivity contribution in [3.63, 3.8) is 0 Å². The van der Waals surface area contributed by atoms with Crippen LogP contribution in [0.25, 0.3) is 0 Å². The van der Waals surface area contributed by atoms with Crippen molar-refractivity contribution < 1.29 is 27.4 Å². The minimum Gasteiger partial charge on any atom is -0.512 e. The lowest BCUT2D eigenvalue weighted by molar-refractivity contribution is -0.161. The number of carbonyl (C=O) groups excluding carboxylic acids is 1. The number of aliphatic hydroxyl groups is 1. The first-order valence-corrected chi connectivity index (χ1v) is 15.2. The molecule has 2 N–H and O–H groups in total. The number of ether oxygens (including phenoxy) is 1. The van der Waals surface area contributed by atoms with Gasteiger partial charge in [0.15, 0.2) is 5.03 Å². The molecule has 0 radical (unpaired) electrons. The third-order valence-electron chi connectivity index (χ3n) is 7.40. The summed E-state index contributed by atoms with van der Waals surface area (Å²) in [6, 6.07) is 13.1. The summed E-state index contributed by atoms with van der Waals surface area (Å²) in [6.45, 7) is 7.87. The highest BCUT2D eigenvalue weighted by Gasteiger charge is 2.46. The van der Waals surface area contributed by atoms with Crippen LogP contribution in [-0.4, -0.2) is 34.6 Å². The zero-order chi connectivity index (χ0) is 30.0. The molecule has 2 aromatic carbocycles. The lowest BCUT2D eigenvalue weighted by atomic mass is 9.70. The van der Waals surface area contributed by atoms with Crippen LogP contribution in [0.4, 0.5) is 10.1 Å². The number of halogens is 1.